The lowest BCUT2D eigenvalue weighted by Crippen LogP contribution is -2.30. The highest BCUT2D eigenvalue weighted by atomic mass is 19.1. The van der Waals surface area contributed by atoms with Crippen molar-refractivity contribution < 1.29 is 32.4 Å². The Morgan fingerprint density at radius 2 is 1.80 bits per heavy atom. The van der Waals surface area contributed by atoms with Gasteiger partial charge in [-0.05, 0) is 43.3 Å². The van der Waals surface area contributed by atoms with Crippen molar-refractivity contribution in [3.8, 4) is 5.75 Å². The van der Waals surface area contributed by atoms with Crippen LogP contribution in [0.2, 0.25) is 0 Å². The third-order valence-electron chi connectivity index (χ3n) is 3.89. The van der Waals surface area contributed by atoms with Gasteiger partial charge in [-0.15, -0.1) is 0 Å². The number of hydrogen-bond donors (Lipinski definition) is 1. The molecule has 0 radical (unpaired) electrons. The minimum atomic E-state index is -1.28. The standard InChI is InChI=1S/C20H17F2N3O5/c1-11(19(26)24-18-15(21)4-3-5-16(18)22)29-20(27)13-6-8-14(9-7-13)28-10-17-23-12(2)30-25-17/h3-9,11H,10H2,1-2H3,(H,24,26). The number of nitrogens with zero attached hydrogens (tertiary/aromatic N) is 2. The highest BCUT2D eigenvalue weighted by molar-refractivity contribution is 5.97. The van der Waals surface area contributed by atoms with E-state index in [1.54, 1.807) is 6.92 Å². The minimum absolute atomic E-state index is 0.0882. The van der Waals surface area contributed by atoms with Gasteiger partial charge in [0, 0.05) is 6.92 Å². The summed E-state index contributed by atoms with van der Waals surface area (Å²) in [6, 6.07) is 9.12. The van der Waals surface area contributed by atoms with Crippen LogP contribution in [0.5, 0.6) is 5.75 Å². The van der Waals surface area contributed by atoms with Gasteiger partial charge in [0.1, 0.15) is 23.1 Å². The van der Waals surface area contributed by atoms with Crippen molar-refractivity contribution in [2.24, 2.45) is 0 Å². The molecule has 30 heavy (non-hydrogen) atoms. The molecule has 10 heteroatoms. The van der Waals surface area contributed by atoms with E-state index in [9.17, 15) is 18.4 Å². The number of ether oxygens (including phenoxy) is 2. The molecule has 0 spiro atoms. The second-order valence-electron chi connectivity index (χ2n) is 6.18. The number of aryl methyl sites for hydroxylation is 1. The molecular weight excluding hydrogens is 400 g/mol. The fourth-order valence-electron chi connectivity index (χ4n) is 2.36. The number of aromatic nitrogens is 2. The Kier molecular flexibility index (Phi) is 6.35. The van der Waals surface area contributed by atoms with E-state index < -0.39 is 35.3 Å². The van der Waals surface area contributed by atoms with Gasteiger partial charge in [-0.2, -0.15) is 4.98 Å². The van der Waals surface area contributed by atoms with Crippen LogP contribution in [-0.2, 0) is 16.1 Å². The van der Waals surface area contributed by atoms with Crippen LogP contribution < -0.4 is 10.1 Å². The molecule has 0 fully saturated rings. The fraction of sp³-hybridized carbons (Fsp3) is 0.200. The summed E-state index contributed by atoms with van der Waals surface area (Å²) in [4.78, 5) is 28.3. The van der Waals surface area contributed by atoms with Gasteiger partial charge in [-0.25, -0.2) is 13.6 Å². The second-order valence-corrected chi connectivity index (χ2v) is 6.18. The number of amides is 1. The molecule has 1 heterocycles. The van der Waals surface area contributed by atoms with Crippen LogP contribution in [0.15, 0.2) is 47.0 Å². The molecule has 0 aliphatic heterocycles. The molecule has 1 atom stereocenters. The summed E-state index contributed by atoms with van der Waals surface area (Å²) in [7, 11) is 0. The molecule has 0 bridgehead atoms. The van der Waals surface area contributed by atoms with Crippen LogP contribution in [0, 0.1) is 18.6 Å². The summed E-state index contributed by atoms with van der Waals surface area (Å²) in [6.45, 7) is 3.03. The molecule has 0 saturated heterocycles. The fourth-order valence-corrected chi connectivity index (χ4v) is 2.36. The predicted octanol–water partition coefficient (Wildman–Crippen LogP) is 3.42. The second kappa shape index (κ2) is 9.12. The molecule has 3 aromatic rings. The maximum atomic E-state index is 13.6. The van der Waals surface area contributed by atoms with Gasteiger partial charge >= 0.3 is 5.97 Å². The average molecular weight is 417 g/mol. The van der Waals surface area contributed by atoms with Crippen molar-refractivity contribution in [2.75, 3.05) is 5.32 Å². The Hall–Kier alpha value is -3.82. The minimum Gasteiger partial charge on any atom is -0.485 e. The largest absolute Gasteiger partial charge is 0.485 e. The van der Waals surface area contributed by atoms with Gasteiger partial charge in [0.25, 0.3) is 5.91 Å². The number of rotatable bonds is 7. The van der Waals surface area contributed by atoms with Crippen molar-refractivity contribution in [2.45, 2.75) is 26.6 Å². The van der Waals surface area contributed by atoms with Gasteiger partial charge < -0.3 is 19.3 Å². The van der Waals surface area contributed by atoms with Crippen molar-refractivity contribution in [3.63, 3.8) is 0 Å². The number of nitrogens with one attached hydrogen (secondary N) is 1. The quantitative estimate of drug-likeness (QED) is 0.588. The molecule has 1 unspecified atom stereocenters. The summed E-state index contributed by atoms with van der Waals surface area (Å²) in [5, 5.41) is 5.77. The molecule has 1 aromatic heterocycles. The number of carbonyl (C=O) groups excluding carboxylic acids is 2. The summed E-state index contributed by atoms with van der Waals surface area (Å²) >= 11 is 0. The van der Waals surface area contributed by atoms with E-state index in [4.69, 9.17) is 14.0 Å². The van der Waals surface area contributed by atoms with Crippen molar-refractivity contribution in [3.05, 3.63) is 71.4 Å². The molecule has 156 valence electrons. The molecule has 0 aliphatic carbocycles. The monoisotopic (exact) mass is 417 g/mol. The maximum absolute atomic E-state index is 13.6. The number of anilines is 1. The van der Waals surface area contributed by atoms with Gasteiger partial charge in [0.2, 0.25) is 11.7 Å². The first-order chi connectivity index (χ1) is 14.3. The molecule has 1 N–H and O–H groups in total. The molecule has 0 aliphatic rings. The van der Waals surface area contributed by atoms with Crippen molar-refractivity contribution >= 4 is 17.6 Å². The third-order valence-corrected chi connectivity index (χ3v) is 3.89. The van der Waals surface area contributed by atoms with Crippen LogP contribution in [0.25, 0.3) is 0 Å². The maximum Gasteiger partial charge on any atom is 0.338 e. The molecule has 2 aromatic carbocycles. The molecule has 0 saturated carbocycles. The smallest absolute Gasteiger partial charge is 0.338 e. The van der Waals surface area contributed by atoms with E-state index in [0.29, 0.717) is 17.5 Å². The lowest BCUT2D eigenvalue weighted by Gasteiger charge is -2.14. The zero-order chi connectivity index (χ0) is 21.7. The van der Waals surface area contributed by atoms with E-state index in [2.05, 4.69) is 15.5 Å². The number of hydrogen-bond acceptors (Lipinski definition) is 7. The first-order valence-corrected chi connectivity index (χ1v) is 8.81. The summed E-state index contributed by atoms with van der Waals surface area (Å²) in [5.41, 5.74) is -0.446. The summed E-state index contributed by atoms with van der Waals surface area (Å²) < 4.78 is 42.6. The van der Waals surface area contributed by atoms with Crippen molar-refractivity contribution in [1.82, 2.24) is 10.1 Å². The Balaban J connectivity index is 1.55. The van der Waals surface area contributed by atoms with Crippen LogP contribution in [-0.4, -0.2) is 28.1 Å². The van der Waals surface area contributed by atoms with Gasteiger partial charge in [0.15, 0.2) is 12.7 Å². The molecule has 3 rings (SSSR count). The number of benzene rings is 2. The molecule has 8 nitrogen and oxygen atoms in total. The highest BCUT2D eigenvalue weighted by Crippen LogP contribution is 2.19. The van der Waals surface area contributed by atoms with Crippen LogP contribution in [0.4, 0.5) is 14.5 Å². The van der Waals surface area contributed by atoms with Crippen molar-refractivity contribution in [1.29, 1.82) is 0 Å². The number of para-hydroxylation sites is 1. The van der Waals surface area contributed by atoms with Crippen LogP contribution in [0.3, 0.4) is 0 Å². The van der Waals surface area contributed by atoms with E-state index in [1.165, 1.54) is 37.3 Å². The summed E-state index contributed by atoms with van der Waals surface area (Å²) in [6.07, 6.45) is -1.28. The first kappa shape index (κ1) is 20.9. The third kappa shape index (κ3) is 5.16. The average Bonchev–Trinajstić information content (AvgIpc) is 3.14. The summed E-state index contributed by atoms with van der Waals surface area (Å²) in [5.74, 6) is -2.28. The van der Waals surface area contributed by atoms with Gasteiger partial charge in [0.05, 0.1) is 5.56 Å². The normalized spacial score (nSPS) is 11.6. The zero-order valence-corrected chi connectivity index (χ0v) is 16.0. The Morgan fingerprint density at radius 3 is 2.40 bits per heavy atom. The first-order valence-electron chi connectivity index (χ1n) is 8.81. The van der Waals surface area contributed by atoms with Gasteiger partial charge in [-0.3, -0.25) is 4.79 Å². The number of esters is 1. The lowest BCUT2D eigenvalue weighted by atomic mass is 10.2. The SMILES string of the molecule is Cc1nc(COc2ccc(C(=O)OC(C)C(=O)Nc3c(F)cccc3F)cc2)no1. The van der Waals surface area contributed by atoms with E-state index in [0.717, 1.165) is 12.1 Å². The number of halogens is 2. The zero-order valence-electron chi connectivity index (χ0n) is 16.0. The Bertz CT molecular complexity index is 1030. The van der Waals surface area contributed by atoms with E-state index >= 15 is 0 Å². The predicted molar refractivity (Wildman–Crippen MR) is 99.7 cm³/mol. The van der Waals surface area contributed by atoms with Crippen LogP contribution in [0.1, 0.15) is 29.0 Å². The van der Waals surface area contributed by atoms with Gasteiger partial charge in [-0.1, -0.05) is 11.2 Å². The lowest BCUT2D eigenvalue weighted by molar-refractivity contribution is -0.123. The molecule has 1 amide bonds. The molecular formula is C20H17F2N3O5. The Labute approximate surface area is 169 Å². The topological polar surface area (TPSA) is 104 Å². The highest BCUT2D eigenvalue weighted by Gasteiger charge is 2.21. The van der Waals surface area contributed by atoms with E-state index in [-0.39, 0.29) is 12.2 Å². The number of carbonyl (C=O) groups is 2. The van der Waals surface area contributed by atoms with Crippen LogP contribution >= 0.6 is 0 Å². The Morgan fingerprint density at radius 1 is 1.13 bits per heavy atom. The van der Waals surface area contributed by atoms with E-state index in [1.807, 2.05) is 0 Å².